The molecule has 0 fully saturated rings. The Balaban J connectivity index is 2.15. The summed E-state index contributed by atoms with van der Waals surface area (Å²) >= 11 is 3.26. The number of aliphatic hydroxyl groups excluding tert-OH is 1. The van der Waals surface area contributed by atoms with Gasteiger partial charge in [0.25, 0.3) is 5.92 Å². The first-order chi connectivity index (χ1) is 8.00. The van der Waals surface area contributed by atoms with E-state index >= 15 is 0 Å². The molecule has 92 valence electrons. The van der Waals surface area contributed by atoms with Gasteiger partial charge in [-0.3, -0.25) is 0 Å². The molecule has 2 aromatic heterocycles. The summed E-state index contributed by atoms with van der Waals surface area (Å²) in [6.07, 6.45) is 1.66. The van der Waals surface area contributed by atoms with Crippen LogP contribution in [0.4, 0.5) is 14.7 Å². The molecule has 0 spiro atoms. The van der Waals surface area contributed by atoms with E-state index in [1.54, 1.807) is 18.3 Å². The van der Waals surface area contributed by atoms with E-state index in [-0.39, 0.29) is 5.95 Å². The Labute approximate surface area is 104 Å². The third-order valence-corrected chi connectivity index (χ3v) is 2.50. The van der Waals surface area contributed by atoms with Crippen LogP contribution in [0.3, 0.4) is 0 Å². The average Bonchev–Trinajstić information content (AvgIpc) is 2.68. The van der Waals surface area contributed by atoms with Crippen molar-refractivity contribution in [2.24, 2.45) is 0 Å². The average molecular weight is 307 g/mol. The third-order valence-electron chi connectivity index (χ3n) is 2.03. The minimum absolute atomic E-state index is 0.0937. The number of halogens is 3. The minimum atomic E-state index is -3.18. The zero-order chi connectivity index (χ0) is 12.5. The highest BCUT2D eigenvalue weighted by Gasteiger charge is 2.27. The van der Waals surface area contributed by atoms with Gasteiger partial charge in [-0.05, 0) is 28.1 Å². The number of hydrogen-bond donors (Lipinski definition) is 2. The van der Waals surface area contributed by atoms with Gasteiger partial charge in [-0.2, -0.15) is 4.98 Å². The maximum absolute atomic E-state index is 12.8. The van der Waals surface area contributed by atoms with Gasteiger partial charge in [0, 0.05) is 10.7 Å². The Morgan fingerprint density at radius 1 is 1.47 bits per heavy atom. The van der Waals surface area contributed by atoms with E-state index in [1.807, 2.05) is 0 Å². The molecule has 0 radical (unpaired) electrons. The molecule has 0 aliphatic heterocycles. The lowest BCUT2D eigenvalue weighted by Gasteiger charge is -2.12. The predicted octanol–water partition coefficient (Wildman–Crippen LogP) is 1.53. The van der Waals surface area contributed by atoms with Gasteiger partial charge < -0.3 is 10.4 Å². The van der Waals surface area contributed by atoms with Gasteiger partial charge >= 0.3 is 0 Å². The van der Waals surface area contributed by atoms with Gasteiger partial charge in [0.05, 0.1) is 6.54 Å². The smallest absolute Gasteiger partial charge is 0.287 e. The number of aliphatic hydroxyl groups is 1. The molecule has 0 saturated heterocycles. The summed E-state index contributed by atoms with van der Waals surface area (Å²) in [4.78, 5) is 4.00. The lowest BCUT2D eigenvalue weighted by molar-refractivity contribution is -0.0374. The van der Waals surface area contributed by atoms with E-state index in [4.69, 9.17) is 5.11 Å². The molecule has 0 atom stereocenters. The maximum atomic E-state index is 12.8. The van der Waals surface area contributed by atoms with Crippen molar-refractivity contribution < 1.29 is 13.9 Å². The summed E-state index contributed by atoms with van der Waals surface area (Å²) in [6, 6.07) is 3.47. The number of aromatic nitrogens is 3. The van der Waals surface area contributed by atoms with Gasteiger partial charge in [-0.1, -0.05) is 0 Å². The van der Waals surface area contributed by atoms with Crippen LogP contribution in [0.25, 0.3) is 5.65 Å². The highest BCUT2D eigenvalue weighted by atomic mass is 79.9. The first kappa shape index (κ1) is 12.2. The van der Waals surface area contributed by atoms with E-state index in [2.05, 4.69) is 31.3 Å². The fourth-order valence-electron chi connectivity index (χ4n) is 1.20. The SMILES string of the molecule is OCC(F)(F)CNc1nc2ccc(Br)cn2n1. The molecule has 2 heterocycles. The molecule has 0 unspecified atom stereocenters. The van der Waals surface area contributed by atoms with Crippen LogP contribution in [-0.4, -0.2) is 38.8 Å². The van der Waals surface area contributed by atoms with E-state index in [1.165, 1.54) is 4.52 Å². The quantitative estimate of drug-likeness (QED) is 0.899. The van der Waals surface area contributed by atoms with Crippen LogP contribution >= 0.6 is 15.9 Å². The van der Waals surface area contributed by atoms with Crippen molar-refractivity contribution in [1.82, 2.24) is 14.6 Å². The van der Waals surface area contributed by atoms with Crippen molar-refractivity contribution in [3.05, 3.63) is 22.8 Å². The predicted molar refractivity (Wildman–Crippen MR) is 61.2 cm³/mol. The fourth-order valence-corrected chi connectivity index (χ4v) is 1.52. The van der Waals surface area contributed by atoms with Crippen LogP contribution < -0.4 is 5.32 Å². The molecule has 2 aromatic rings. The Hall–Kier alpha value is -1.28. The normalized spacial score (nSPS) is 12.0. The molecule has 17 heavy (non-hydrogen) atoms. The van der Waals surface area contributed by atoms with Crippen molar-refractivity contribution in [3.8, 4) is 0 Å². The highest BCUT2D eigenvalue weighted by Crippen LogP contribution is 2.15. The number of alkyl halides is 2. The molecule has 0 aliphatic rings. The number of anilines is 1. The molecule has 2 rings (SSSR count). The molecule has 0 aliphatic carbocycles. The minimum Gasteiger partial charge on any atom is -0.390 e. The molecule has 0 bridgehead atoms. The number of rotatable bonds is 4. The second-order valence-electron chi connectivity index (χ2n) is 3.45. The van der Waals surface area contributed by atoms with Crippen molar-refractivity contribution >= 4 is 27.5 Å². The summed E-state index contributed by atoms with van der Waals surface area (Å²) in [6.45, 7) is -1.92. The number of nitrogens with zero attached hydrogens (tertiary/aromatic N) is 3. The fraction of sp³-hybridized carbons (Fsp3) is 0.333. The monoisotopic (exact) mass is 306 g/mol. The number of hydrogen-bond acceptors (Lipinski definition) is 4. The van der Waals surface area contributed by atoms with Gasteiger partial charge in [0.2, 0.25) is 5.95 Å². The third kappa shape index (κ3) is 2.89. The van der Waals surface area contributed by atoms with E-state index < -0.39 is 19.1 Å². The number of nitrogens with one attached hydrogen (secondary N) is 1. The Morgan fingerprint density at radius 3 is 2.94 bits per heavy atom. The van der Waals surface area contributed by atoms with Crippen LogP contribution in [0.15, 0.2) is 22.8 Å². The van der Waals surface area contributed by atoms with Crippen LogP contribution in [0.5, 0.6) is 0 Å². The van der Waals surface area contributed by atoms with Crippen LogP contribution in [0, 0.1) is 0 Å². The molecule has 0 aromatic carbocycles. The molecule has 8 heteroatoms. The summed E-state index contributed by atoms with van der Waals surface area (Å²) in [5.74, 6) is -3.09. The molecule has 5 nitrogen and oxygen atoms in total. The van der Waals surface area contributed by atoms with Crippen molar-refractivity contribution in [2.75, 3.05) is 18.5 Å². The van der Waals surface area contributed by atoms with Crippen molar-refractivity contribution in [3.63, 3.8) is 0 Å². The van der Waals surface area contributed by atoms with Crippen LogP contribution in [0.2, 0.25) is 0 Å². The lowest BCUT2D eigenvalue weighted by atomic mass is 10.3. The standard InChI is InChI=1S/C9H9BrF2N4O/c10-6-1-2-7-14-8(15-16(7)3-6)13-4-9(11,12)5-17/h1-3,17H,4-5H2,(H,13,15). The first-order valence-corrected chi connectivity index (χ1v) is 5.54. The zero-order valence-corrected chi connectivity index (χ0v) is 10.2. The summed E-state index contributed by atoms with van der Waals surface area (Å²) in [7, 11) is 0. The maximum Gasteiger partial charge on any atom is 0.287 e. The van der Waals surface area contributed by atoms with Crippen molar-refractivity contribution in [2.45, 2.75) is 5.92 Å². The molecule has 2 N–H and O–H groups in total. The molecule has 0 amide bonds. The second kappa shape index (κ2) is 4.53. The van der Waals surface area contributed by atoms with Crippen LogP contribution in [-0.2, 0) is 0 Å². The molecular formula is C9H9BrF2N4O. The van der Waals surface area contributed by atoms with E-state index in [9.17, 15) is 8.78 Å². The lowest BCUT2D eigenvalue weighted by Crippen LogP contribution is -2.31. The first-order valence-electron chi connectivity index (χ1n) is 4.75. The molecule has 0 saturated carbocycles. The number of fused-ring (bicyclic) bond motifs is 1. The summed E-state index contributed by atoms with van der Waals surface area (Å²) < 4.78 is 27.8. The second-order valence-corrected chi connectivity index (χ2v) is 4.37. The van der Waals surface area contributed by atoms with Gasteiger partial charge in [-0.15, -0.1) is 5.10 Å². The highest BCUT2D eigenvalue weighted by molar-refractivity contribution is 9.10. The van der Waals surface area contributed by atoms with E-state index in [0.717, 1.165) is 4.47 Å². The summed E-state index contributed by atoms with van der Waals surface area (Å²) in [5, 5.41) is 14.7. The summed E-state index contributed by atoms with van der Waals surface area (Å²) in [5.41, 5.74) is 0.544. The topological polar surface area (TPSA) is 62.5 Å². The Morgan fingerprint density at radius 2 is 2.24 bits per heavy atom. The zero-order valence-electron chi connectivity index (χ0n) is 8.57. The van der Waals surface area contributed by atoms with Gasteiger partial charge in [-0.25, -0.2) is 13.3 Å². The Bertz CT molecular complexity index is 531. The van der Waals surface area contributed by atoms with Crippen molar-refractivity contribution in [1.29, 1.82) is 0 Å². The number of pyridine rings is 1. The van der Waals surface area contributed by atoms with Gasteiger partial charge in [0.15, 0.2) is 5.65 Å². The largest absolute Gasteiger partial charge is 0.390 e. The van der Waals surface area contributed by atoms with Crippen LogP contribution in [0.1, 0.15) is 0 Å². The Kier molecular flexibility index (Phi) is 3.25. The van der Waals surface area contributed by atoms with E-state index in [0.29, 0.717) is 5.65 Å². The van der Waals surface area contributed by atoms with Gasteiger partial charge in [0.1, 0.15) is 6.61 Å². The molecular weight excluding hydrogens is 298 g/mol.